The van der Waals surface area contributed by atoms with E-state index in [0.29, 0.717) is 52.8 Å². The first-order valence-electron chi connectivity index (χ1n) is 6.62. The van der Waals surface area contributed by atoms with Gasteiger partial charge in [0.05, 0.1) is 52.4 Å². The van der Waals surface area contributed by atoms with Gasteiger partial charge in [0.25, 0.3) is 0 Å². The smallest absolute Gasteiger partial charge is 0.137 e. The number of rotatable bonds is 13. The molecule has 0 aliphatic heterocycles. The predicted octanol–water partition coefficient (Wildman–Crippen LogP) is 1.21. The Morgan fingerprint density at radius 2 is 1.60 bits per heavy atom. The Bertz CT molecular complexity index is 335. The van der Waals surface area contributed by atoms with E-state index in [9.17, 15) is 0 Å². The van der Waals surface area contributed by atoms with Crippen molar-refractivity contribution < 1.29 is 18.9 Å². The van der Waals surface area contributed by atoms with Gasteiger partial charge in [-0.3, -0.25) is 9.98 Å². The molecule has 1 rings (SSSR count). The van der Waals surface area contributed by atoms with E-state index < -0.39 is 0 Å². The SMILES string of the molecule is C=NCCOCCOCCOCCOc1cccnc1. The summed E-state index contributed by atoms with van der Waals surface area (Å²) in [5.74, 6) is 0.749. The molecule has 6 heteroatoms. The fourth-order valence-electron chi connectivity index (χ4n) is 1.32. The predicted molar refractivity (Wildman–Crippen MR) is 76.6 cm³/mol. The second-order valence-electron chi connectivity index (χ2n) is 3.82. The molecule has 0 atom stereocenters. The van der Waals surface area contributed by atoms with E-state index >= 15 is 0 Å². The summed E-state index contributed by atoms with van der Waals surface area (Å²) >= 11 is 0. The molecule has 0 amide bonds. The highest BCUT2D eigenvalue weighted by Gasteiger charge is 1.94. The summed E-state index contributed by atoms with van der Waals surface area (Å²) in [5, 5.41) is 0. The van der Waals surface area contributed by atoms with Crippen LogP contribution in [0.4, 0.5) is 0 Å². The van der Waals surface area contributed by atoms with Gasteiger partial charge in [-0.15, -0.1) is 0 Å². The lowest BCUT2D eigenvalue weighted by Crippen LogP contribution is -2.13. The quantitative estimate of drug-likeness (QED) is 0.402. The van der Waals surface area contributed by atoms with Crippen LogP contribution >= 0.6 is 0 Å². The minimum Gasteiger partial charge on any atom is -0.490 e. The van der Waals surface area contributed by atoms with Gasteiger partial charge >= 0.3 is 0 Å². The van der Waals surface area contributed by atoms with Crippen molar-refractivity contribution in [1.82, 2.24) is 4.98 Å². The molecule has 0 fully saturated rings. The van der Waals surface area contributed by atoms with Gasteiger partial charge in [-0.1, -0.05) is 0 Å². The van der Waals surface area contributed by atoms with Crippen molar-refractivity contribution in [3.63, 3.8) is 0 Å². The molecule has 0 aliphatic carbocycles. The first kappa shape index (κ1) is 16.6. The zero-order valence-electron chi connectivity index (χ0n) is 11.7. The number of ether oxygens (including phenoxy) is 4. The summed E-state index contributed by atoms with van der Waals surface area (Å²) in [4.78, 5) is 7.63. The van der Waals surface area contributed by atoms with Crippen LogP contribution in [0.3, 0.4) is 0 Å². The van der Waals surface area contributed by atoms with Gasteiger partial charge in [0.15, 0.2) is 0 Å². The van der Waals surface area contributed by atoms with Crippen molar-refractivity contribution in [2.24, 2.45) is 4.99 Å². The minimum atomic E-state index is 0.503. The van der Waals surface area contributed by atoms with E-state index in [2.05, 4.69) is 16.7 Å². The summed E-state index contributed by atoms with van der Waals surface area (Å²) in [5.41, 5.74) is 0. The molecule has 20 heavy (non-hydrogen) atoms. The maximum absolute atomic E-state index is 5.43. The van der Waals surface area contributed by atoms with Crippen LogP contribution in [-0.4, -0.2) is 64.5 Å². The lowest BCUT2D eigenvalue weighted by molar-refractivity contribution is 0.0106. The van der Waals surface area contributed by atoms with E-state index in [1.54, 1.807) is 12.4 Å². The van der Waals surface area contributed by atoms with Crippen molar-refractivity contribution in [1.29, 1.82) is 0 Å². The molecule has 1 heterocycles. The fraction of sp³-hybridized carbons (Fsp3) is 0.571. The van der Waals surface area contributed by atoms with Crippen molar-refractivity contribution >= 4 is 6.72 Å². The Balaban J connectivity index is 1.78. The molecule has 0 saturated heterocycles. The third-order valence-corrected chi connectivity index (χ3v) is 2.27. The van der Waals surface area contributed by atoms with Gasteiger partial charge < -0.3 is 18.9 Å². The van der Waals surface area contributed by atoms with Gasteiger partial charge in [-0.05, 0) is 18.9 Å². The molecule has 1 aromatic heterocycles. The van der Waals surface area contributed by atoms with E-state index in [1.165, 1.54) is 0 Å². The van der Waals surface area contributed by atoms with Gasteiger partial charge in [0.2, 0.25) is 0 Å². The second kappa shape index (κ2) is 12.5. The lowest BCUT2D eigenvalue weighted by atomic mass is 10.5. The number of hydrogen-bond acceptors (Lipinski definition) is 6. The van der Waals surface area contributed by atoms with Gasteiger partial charge in [-0.2, -0.15) is 0 Å². The number of nitrogens with zero attached hydrogens (tertiary/aromatic N) is 2. The van der Waals surface area contributed by atoms with Crippen molar-refractivity contribution in [2.45, 2.75) is 0 Å². The molecular weight excluding hydrogens is 260 g/mol. The Hall–Kier alpha value is -1.50. The van der Waals surface area contributed by atoms with Crippen molar-refractivity contribution in [3.05, 3.63) is 24.5 Å². The van der Waals surface area contributed by atoms with Crippen LogP contribution in [0.5, 0.6) is 5.75 Å². The van der Waals surface area contributed by atoms with Gasteiger partial charge in [0.1, 0.15) is 12.4 Å². The first-order valence-corrected chi connectivity index (χ1v) is 6.62. The lowest BCUT2D eigenvalue weighted by Gasteiger charge is -2.07. The van der Waals surface area contributed by atoms with Crippen LogP contribution in [0.1, 0.15) is 0 Å². The molecular formula is C14H22N2O4. The maximum atomic E-state index is 5.43. The summed E-state index contributed by atoms with van der Waals surface area (Å²) in [6.45, 7) is 7.85. The molecule has 112 valence electrons. The molecule has 0 N–H and O–H groups in total. The largest absolute Gasteiger partial charge is 0.490 e. The highest BCUT2D eigenvalue weighted by molar-refractivity contribution is 5.23. The van der Waals surface area contributed by atoms with Crippen molar-refractivity contribution in [2.75, 3.05) is 52.8 Å². The summed E-state index contributed by atoms with van der Waals surface area (Å²) in [6, 6.07) is 3.69. The number of pyridine rings is 1. The summed E-state index contributed by atoms with van der Waals surface area (Å²) < 4.78 is 21.4. The number of aromatic nitrogens is 1. The van der Waals surface area contributed by atoms with E-state index in [0.717, 1.165) is 5.75 Å². The molecule has 0 aromatic carbocycles. The average molecular weight is 282 g/mol. The summed E-state index contributed by atoms with van der Waals surface area (Å²) in [6.07, 6.45) is 3.38. The van der Waals surface area contributed by atoms with Crippen molar-refractivity contribution in [3.8, 4) is 5.75 Å². The Morgan fingerprint density at radius 1 is 0.950 bits per heavy atom. The zero-order valence-corrected chi connectivity index (χ0v) is 11.7. The maximum Gasteiger partial charge on any atom is 0.137 e. The van der Waals surface area contributed by atoms with Crippen LogP contribution in [0.15, 0.2) is 29.5 Å². The zero-order chi connectivity index (χ0) is 14.3. The normalized spacial score (nSPS) is 10.4. The molecule has 0 bridgehead atoms. The Labute approximate surface area is 119 Å². The molecule has 0 unspecified atom stereocenters. The molecule has 1 aromatic rings. The fourth-order valence-corrected chi connectivity index (χ4v) is 1.32. The van der Waals surface area contributed by atoms with Crippen LogP contribution in [-0.2, 0) is 14.2 Å². The Kier molecular flexibility index (Phi) is 10.4. The molecule has 6 nitrogen and oxygen atoms in total. The number of aliphatic imine (C=N–C) groups is 1. The third-order valence-electron chi connectivity index (χ3n) is 2.27. The second-order valence-corrected chi connectivity index (χ2v) is 3.82. The highest BCUT2D eigenvalue weighted by Crippen LogP contribution is 2.05. The van der Waals surface area contributed by atoms with Crippen LogP contribution in [0.25, 0.3) is 0 Å². The Morgan fingerprint density at radius 3 is 2.20 bits per heavy atom. The molecule has 0 aliphatic rings. The van der Waals surface area contributed by atoms with Crippen LogP contribution < -0.4 is 4.74 Å². The van der Waals surface area contributed by atoms with Crippen LogP contribution in [0, 0.1) is 0 Å². The third kappa shape index (κ3) is 9.43. The highest BCUT2D eigenvalue weighted by atomic mass is 16.6. The summed E-state index contributed by atoms with van der Waals surface area (Å²) in [7, 11) is 0. The van der Waals surface area contributed by atoms with E-state index in [-0.39, 0.29) is 0 Å². The average Bonchev–Trinajstić information content (AvgIpc) is 2.49. The minimum absolute atomic E-state index is 0.503. The first-order chi connectivity index (χ1) is 9.93. The van der Waals surface area contributed by atoms with E-state index in [4.69, 9.17) is 18.9 Å². The van der Waals surface area contributed by atoms with Crippen LogP contribution in [0.2, 0.25) is 0 Å². The van der Waals surface area contributed by atoms with Gasteiger partial charge in [-0.25, -0.2) is 0 Å². The molecule has 0 saturated carbocycles. The molecule has 0 radical (unpaired) electrons. The number of hydrogen-bond donors (Lipinski definition) is 0. The van der Waals surface area contributed by atoms with E-state index in [1.807, 2.05) is 12.1 Å². The standard InChI is InChI=1S/C14H22N2O4/c1-15-5-6-17-7-8-18-9-10-19-11-12-20-14-3-2-4-16-13-14/h2-4,13H,1,5-12H2. The van der Waals surface area contributed by atoms with Gasteiger partial charge in [0, 0.05) is 6.20 Å². The monoisotopic (exact) mass is 282 g/mol. The topological polar surface area (TPSA) is 62.2 Å². The molecule has 0 spiro atoms.